The molecule has 0 saturated carbocycles. The molecule has 0 saturated heterocycles. The summed E-state index contributed by atoms with van der Waals surface area (Å²) in [6.07, 6.45) is 0. The average molecular weight is 238 g/mol. The first-order valence-corrected chi connectivity index (χ1v) is 5.63. The van der Waals surface area contributed by atoms with Gasteiger partial charge in [0.1, 0.15) is 5.82 Å². The van der Waals surface area contributed by atoms with Crippen LogP contribution in [0.25, 0.3) is 0 Å². The lowest BCUT2D eigenvalue weighted by Crippen LogP contribution is -2.33. The number of halogens is 1. The highest BCUT2D eigenvalue weighted by atomic mass is 19.1. The van der Waals surface area contributed by atoms with E-state index in [9.17, 15) is 9.18 Å². The van der Waals surface area contributed by atoms with Crippen LogP contribution in [0.5, 0.6) is 0 Å². The van der Waals surface area contributed by atoms with E-state index in [4.69, 9.17) is 0 Å². The van der Waals surface area contributed by atoms with Gasteiger partial charge in [-0.05, 0) is 29.7 Å². The Bertz CT molecular complexity index is 368. The smallest absolute Gasteiger partial charge is 0.238 e. The maximum atomic E-state index is 12.6. The number of hydrogen-bond acceptors (Lipinski definition) is 2. The highest BCUT2D eigenvalue weighted by Crippen LogP contribution is 2.10. The molecule has 0 aliphatic carbocycles. The van der Waals surface area contributed by atoms with Crippen LogP contribution < -0.4 is 10.6 Å². The van der Waals surface area contributed by atoms with Crippen LogP contribution in [0.3, 0.4) is 0 Å². The Morgan fingerprint density at radius 3 is 2.35 bits per heavy atom. The Morgan fingerprint density at radius 1 is 1.24 bits per heavy atom. The molecule has 0 bridgehead atoms. The molecule has 0 aliphatic heterocycles. The molecular formula is C13H19FN2O. The van der Waals surface area contributed by atoms with Gasteiger partial charge in [-0.15, -0.1) is 0 Å². The number of amides is 1. The molecule has 94 valence electrons. The molecule has 0 unspecified atom stereocenters. The fourth-order valence-electron chi connectivity index (χ4n) is 1.29. The minimum absolute atomic E-state index is 0.124. The number of nitrogens with one attached hydrogen (secondary N) is 2. The Labute approximate surface area is 101 Å². The van der Waals surface area contributed by atoms with Crippen LogP contribution in [0.4, 0.5) is 10.1 Å². The largest absolute Gasteiger partial charge is 0.325 e. The van der Waals surface area contributed by atoms with Gasteiger partial charge in [0.25, 0.3) is 0 Å². The maximum Gasteiger partial charge on any atom is 0.238 e. The summed E-state index contributed by atoms with van der Waals surface area (Å²) in [4.78, 5) is 11.5. The molecule has 0 spiro atoms. The zero-order chi connectivity index (χ0) is 12.9. The lowest BCUT2D eigenvalue weighted by molar-refractivity contribution is -0.115. The first kappa shape index (κ1) is 13.6. The second kappa shape index (κ2) is 5.77. The van der Waals surface area contributed by atoms with E-state index in [1.54, 1.807) is 0 Å². The molecule has 0 aliphatic rings. The Morgan fingerprint density at radius 2 is 1.82 bits per heavy atom. The van der Waals surface area contributed by atoms with Crippen molar-refractivity contribution in [2.24, 2.45) is 5.41 Å². The molecule has 3 nitrogen and oxygen atoms in total. The predicted molar refractivity (Wildman–Crippen MR) is 67.4 cm³/mol. The van der Waals surface area contributed by atoms with Crippen LogP contribution in [0.2, 0.25) is 0 Å². The summed E-state index contributed by atoms with van der Waals surface area (Å²) in [5, 5.41) is 5.76. The first-order chi connectivity index (χ1) is 7.87. The normalized spacial score (nSPS) is 11.3. The van der Waals surface area contributed by atoms with E-state index >= 15 is 0 Å². The summed E-state index contributed by atoms with van der Waals surface area (Å²) in [7, 11) is 0. The molecule has 1 aromatic rings. The molecule has 1 amide bonds. The third-order valence-electron chi connectivity index (χ3n) is 2.07. The minimum atomic E-state index is -0.311. The van der Waals surface area contributed by atoms with Crippen molar-refractivity contribution in [2.45, 2.75) is 20.8 Å². The van der Waals surface area contributed by atoms with E-state index in [0.29, 0.717) is 5.69 Å². The molecule has 2 N–H and O–H groups in total. The van der Waals surface area contributed by atoms with E-state index in [1.165, 1.54) is 24.3 Å². The molecule has 0 radical (unpaired) electrons. The molecule has 1 rings (SSSR count). The van der Waals surface area contributed by atoms with Crippen LogP contribution >= 0.6 is 0 Å². The number of carbonyl (C=O) groups excluding carboxylic acids is 1. The maximum absolute atomic E-state index is 12.6. The van der Waals surface area contributed by atoms with E-state index in [0.717, 1.165) is 6.54 Å². The van der Waals surface area contributed by atoms with Gasteiger partial charge in [0.05, 0.1) is 6.54 Å². The third-order valence-corrected chi connectivity index (χ3v) is 2.07. The fourth-order valence-corrected chi connectivity index (χ4v) is 1.29. The summed E-state index contributed by atoms with van der Waals surface area (Å²) >= 11 is 0. The van der Waals surface area contributed by atoms with Gasteiger partial charge >= 0.3 is 0 Å². The van der Waals surface area contributed by atoms with Crippen LogP contribution in [0.1, 0.15) is 20.8 Å². The van der Waals surface area contributed by atoms with E-state index in [2.05, 4.69) is 31.4 Å². The zero-order valence-electron chi connectivity index (χ0n) is 10.5. The summed E-state index contributed by atoms with van der Waals surface area (Å²) < 4.78 is 12.6. The van der Waals surface area contributed by atoms with Gasteiger partial charge in [-0.2, -0.15) is 0 Å². The summed E-state index contributed by atoms with van der Waals surface area (Å²) in [6, 6.07) is 5.71. The van der Waals surface area contributed by atoms with Gasteiger partial charge in [-0.3, -0.25) is 4.79 Å². The van der Waals surface area contributed by atoms with Crippen molar-refractivity contribution in [2.75, 3.05) is 18.4 Å². The molecule has 0 fully saturated rings. The SMILES string of the molecule is CC(C)(C)CNCC(=O)Nc1ccc(F)cc1. The second-order valence-corrected chi connectivity index (χ2v) is 5.22. The fraction of sp³-hybridized carbons (Fsp3) is 0.462. The Balaban J connectivity index is 2.32. The molecular weight excluding hydrogens is 219 g/mol. The van der Waals surface area contributed by atoms with Crippen molar-refractivity contribution in [3.63, 3.8) is 0 Å². The molecule has 0 atom stereocenters. The summed E-state index contributed by atoms with van der Waals surface area (Å²) in [6.45, 7) is 7.31. The first-order valence-electron chi connectivity index (χ1n) is 5.63. The number of hydrogen-bond donors (Lipinski definition) is 2. The van der Waals surface area contributed by atoms with E-state index in [-0.39, 0.29) is 23.7 Å². The van der Waals surface area contributed by atoms with Gasteiger partial charge in [0, 0.05) is 12.2 Å². The van der Waals surface area contributed by atoms with Gasteiger partial charge in [0.2, 0.25) is 5.91 Å². The van der Waals surface area contributed by atoms with E-state index in [1.807, 2.05) is 0 Å². The quantitative estimate of drug-likeness (QED) is 0.845. The van der Waals surface area contributed by atoms with Gasteiger partial charge in [-0.1, -0.05) is 20.8 Å². The standard InChI is InChI=1S/C13H19FN2O/c1-13(2,3)9-15-8-12(17)16-11-6-4-10(14)5-7-11/h4-7,15H,8-9H2,1-3H3,(H,16,17). The summed E-state index contributed by atoms with van der Waals surface area (Å²) in [5.74, 6) is -0.435. The third kappa shape index (κ3) is 6.02. The highest BCUT2D eigenvalue weighted by Gasteiger charge is 2.10. The van der Waals surface area contributed by atoms with E-state index < -0.39 is 0 Å². The summed E-state index contributed by atoms with van der Waals surface area (Å²) in [5.41, 5.74) is 0.754. The zero-order valence-corrected chi connectivity index (χ0v) is 10.5. The molecule has 4 heteroatoms. The van der Waals surface area contributed by atoms with Gasteiger partial charge in [0.15, 0.2) is 0 Å². The van der Waals surface area contributed by atoms with Gasteiger partial charge in [-0.25, -0.2) is 4.39 Å². The number of benzene rings is 1. The Kier molecular flexibility index (Phi) is 4.63. The lowest BCUT2D eigenvalue weighted by Gasteiger charge is -2.18. The Hall–Kier alpha value is -1.42. The topological polar surface area (TPSA) is 41.1 Å². The predicted octanol–water partition coefficient (Wildman–Crippen LogP) is 2.40. The second-order valence-electron chi connectivity index (χ2n) is 5.22. The monoisotopic (exact) mass is 238 g/mol. The van der Waals surface area contributed by atoms with Gasteiger partial charge < -0.3 is 10.6 Å². The number of rotatable bonds is 4. The van der Waals surface area contributed by atoms with Crippen LogP contribution in [-0.2, 0) is 4.79 Å². The van der Waals surface area contributed by atoms with Crippen LogP contribution in [-0.4, -0.2) is 19.0 Å². The van der Waals surface area contributed by atoms with Crippen LogP contribution in [0.15, 0.2) is 24.3 Å². The van der Waals surface area contributed by atoms with Crippen molar-refractivity contribution in [3.05, 3.63) is 30.1 Å². The van der Waals surface area contributed by atoms with Crippen molar-refractivity contribution >= 4 is 11.6 Å². The lowest BCUT2D eigenvalue weighted by atomic mass is 9.97. The van der Waals surface area contributed by atoms with Crippen molar-refractivity contribution < 1.29 is 9.18 Å². The molecule has 1 aromatic carbocycles. The number of anilines is 1. The average Bonchev–Trinajstić information content (AvgIpc) is 2.19. The molecule has 0 aromatic heterocycles. The molecule has 17 heavy (non-hydrogen) atoms. The minimum Gasteiger partial charge on any atom is -0.325 e. The highest BCUT2D eigenvalue weighted by molar-refractivity contribution is 5.92. The van der Waals surface area contributed by atoms with Crippen molar-refractivity contribution in [1.82, 2.24) is 5.32 Å². The number of carbonyl (C=O) groups is 1. The van der Waals surface area contributed by atoms with Crippen molar-refractivity contribution in [3.8, 4) is 0 Å². The molecule has 0 heterocycles. The van der Waals surface area contributed by atoms with Crippen molar-refractivity contribution in [1.29, 1.82) is 0 Å². The van der Waals surface area contributed by atoms with Crippen LogP contribution in [0, 0.1) is 11.2 Å².